The van der Waals surface area contributed by atoms with Crippen molar-refractivity contribution in [2.75, 3.05) is 0 Å². The standard InChI is InChI=1S/C11H5Cl2N3/c12-10-5-9(15-11(13)16-10)8-3-1-7(6-14)2-4-8/h1-5H. The lowest BCUT2D eigenvalue weighted by Crippen LogP contribution is -1.88. The van der Waals surface area contributed by atoms with Gasteiger partial charge in [0.2, 0.25) is 5.28 Å². The topological polar surface area (TPSA) is 49.6 Å². The molecule has 1 aromatic carbocycles. The third-order valence-corrected chi connectivity index (χ3v) is 2.34. The van der Waals surface area contributed by atoms with Crippen LogP contribution < -0.4 is 0 Å². The normalized spacial score (nSPS) is 9.81. The molecule has 0 unspecified atom stereocenters. The molecular formula is C11H5Cl2N3. The maximum absolute atomic E-state index is 8.67. The third kappa shape index (κ3) is 2.30. The molecule has 78 valence electrons. The van der Waals surface area contributed by atoms with Crippen molar-refractivity contribution in [1.29, 1.82) is 5.26 Å². The highest BCUT2D eigenvalue weighted by atomic mass is 35.5. The predicted octanol–water partition coefficient (Wildman–Crippen LogP) is 3.32. The molecule has 3 nitrogen and oxygen atoms in total. The molecule has 0 radical (unpaired) electrons. The summed E-state index contributed by atoms with van der Waals surface area (Å²) in [6, 6.07) is 10.6. The van der Waals surface area contributed by atoms with Gasteiger partial charge in [0, 0.05) is 11.6 Å². The zero-order chi connectivity index (χ0) is 11.5. The Labute approximate surface area is 102 Å². The van der Waals surface area contributed by atoms with Crippen LogP contribution in [0.3, 0.4) is 0 Å². The van der Waals surface area contributed by atoms with Crippen LogP contribution in [-0.4, -0.2) is 9.97 Å². The first-order chi connectivity index (χ1) is 7.69. The Morgan fingerprint density at radius 1 is 1.06 bits per heavy atom. The predicted molar refractivity (Wildman–Crippen MR) is 62.2 cm³/mol. The summed E-state index contributed by atoms with van der Waals surface area (Å²) in [5, 5.41) is 9.06. The van der Waals surface area contributed by atoms with E-state index >= 15 is 0 Å². The Balaban J connectivity index is 2.47. The van der Waals surface area contributed by atoms with Crippen LogP contribution in [0.4, 0.5) is 0 Å². The van der Waals surface area contributed by atoms with Crippen LogP contribution >= 0.6 is 23.2 Å². The van der Waals surface area contributed by atoms with E-state index in [0.717, 1.165) is 5.56 Å². The molecule has 0 spiro atoms. The Morgan fingerprint density at radius 2 is 1.75 bits per heavy atom. The van der Waals surface area contributed by atoms with Gasteiger partial charge in [-0.05, 0) is 23.7 Å². The number of aromatic nitrogens is 2. The largest absolute Gasteiger partial charge is 0.224 e. The number of hydrogen-bond donors (Lipinski definition) is 0. The molecule has 0 fully saturated rings. The molecule has 0 aliphatic rings. The summed E-state index contributed by atoms with van der Waals surface area (Å²) in [7, 11) is 0. The molecule has 0 saturated carbocycles. The highest BCUT2D eigenvalue weighted by molar-refractivity contribution is 6.32. The van der Waals surface area contributed by atoms with Crippen molar-refractivity contribution in [3.8, 4) is 17.3 Å². The van der Waals surface area contributed by atoms with Crippen LogP contribution in [0.15, 0.2) is 30.3 Å². The van der Waals surface area contributed by atoms with Crippen LogP contribution in [0.5, 0.6) is 0 Å². The summed E-state index contributed by atoms with van der Waals surface area (Å²) < 4.78 is 0. The van der Waals surface area contributed by atoms with Crippen LogP contribution in [0.25, 0.3) is 11.3 Å². The molecule has 0 atom stereocenters. The fraction of sp³-hybridized carbons (Fsp3) is 0. The lowest BCUT2D eigenvalue weighted by molar-refractivity contribution is 1.17. The molecule has 5 heteroatoms. The summed E-state index contributed by atoms with van der Waals surface area (Å²) in [4.78, 5) is 7.81. The van der Waals surface area contributed by atoms with Crippen LogP contribution in [0, 0.1) is 11.3 Å². The van der Waals surface area contributed by atoms with Gasteiger partial charge in [-0.25, -0.2) is 9.97 Å². The first-order valence-electron chi connectivity index (χ1n) is 4.39. The zero-order valence-electron chi connectivity index (χ0n) is 7.98. The summed E-state index contributed by atoms with van der Waals surface area (Å²) in [6.07, 6.45) is 0. The molecule has 0 aliphatic heterocycles. The van der Waals surface area contributed by atoms with Gasteiger partial charge >= 0.3 is 0 Å². The van der Waals surface area contributed by atoms with Crippen molar-refractivity contribution < 1.29 is 0 Å². The van der Waals surface area contributed by atoms with E-state index in [2.05, 4.69) is 9.97 Å². The molecule has 2 rings (SSSR count). The summed E-state index contributed by atoms with van der Waals surface area (Å²) in [5.74, 6) is 0. The van der Waals surface area contributed by atoms with Gasteiger partial charge in [0.25, 0.3) is 0 Å². The number of hydrogen-bond acceptors (Lipinski definition) is 3. The molecule has 0 aliphatic carbocycles. The second kappa shape index (κ2) is 4.48. The van der Waals surface area contributed by atoms with E-state index < -0.39 is 0 Å². The van der Waals surface area contributed by atoms with Crippen LogP contribution in [0.1, 0.15) is 5.56 Å². The van der Waals surface area contributed by atoms with Gasteiger partial charge in [-0.1, -0.05) is 23.7 Å². The first kappa shape index (κ1) is 10.9. The van der Waals surface area contributed by atoms with Crippen molar-refractivity contribution in [3.05, 3.63) is 46.3 Å². The average molecular weight is 250 g/mol. The SMILES string of the molecule is N#Cc1ccc(-c2cc(Cl)nc(Cl)n2)cc1. The lowest BCUT2D eigenvalue weighted by Gasteiger charge is -2.01. The van der Waals surface area contributed by atoms with Gasteiger partial charge in [-0.15, -0.1) is 0 Å². The van der Waals surface area contributed by atoms with E-state index in [4.69, 9.17) is 28.5 Å². The van der Waals surface area contributed by atoms with E-state index in [1.54, 1.807) is 30.3 Å². The molecule has 1 heterocycles. The second-order valence-corrected chi connectivity index (χ2v) is 3.76. The van der Waals surface area contributed by atoms with Gasteiger partial charge in [0.05, 0.1) is 17.3 Å². The number of benzene rings is 1. The highest BCUT2D eigenvalue weighted by Gasteiger charge is 2.03. The monoisotopic (exact) mass is 249 g/mol. The fourth-order valence-electron chi connectivity index (χ4n) is 1.25. The second-order valence-electron chi connectivity index (χ2n) is 3.03. The van der Waals surface area contributed by atoms with Crippen LogP contribution in [0.2, 0.25) is 10.4 Å². The minimum atomic E-state index is 0.104. The molecule has 0 N–H and O–H groups in total. The Kier molecular flexibility index (Phi) is 3.04. The molecule has 1 aromatic heterocycles. The number of halogens is 2. The maximum Gasteiger partial charge on any atom is 0.224 e. The molecule has 16 heavy (non-hydrogen) atoms. The number of nitriles is 1. The minimum absolute atomic E-state index is 0.104. The van der Waals surface area contributed by atoms with E-state index in [-0.39, 0.29) is 5.28 Å². The third-order valence-electron chi connectivity index (χ3n) is 1.98. The van der Waals surface area contributed by atoms with Gasteiger partial charge in [-0.2, -0.15) is 5.26 Å². The number of nitrogens with zero attached hydrogens (tertiary/aromatic N) is 3. The zero-order valence-corrected chi connectivity index (χ0v) is 9.50. The van der Waals surface area contributed by atoms with E-state index in [1.807, 2.05) is 6.07 Å². The van der Waals surface area contributed by atoms with E-state index in [1.165, 1.54) is 0 Å². The highest BCUT2D eigenvalue weighted by Crippen LogP contribution is 2.21. The smallest absolute Gasteiger partial charge is 0.218 e. The average Bonchev–Trinajstić information content (AvgIpc) is 2.28. The molecule has 0 amide bonds. The molecule has 0 saturated heterocycles. The Morgan fingerprint density at radius 3 is 2.31 bits per heavy atom. The molecular weight excluding hydrogens is 245 g/mol. The Hall–Kier alpha value is -1.63. The molecule has 0 bridgehead atoms. The number of rotatable bonds is 1. The van der Waals surface area contributed by atoms with Crippen molar-refractivity contribution in [2.24, 2.45) is 0 Å². The van der Waals surface area contributed by atoms with E-state index in [0.29, 0.717) is 16.4 Å². The summed E-state index contributed by atoms with van der Waals surface area (Å²) in [5.41, 5.74) is 2.06. The lowest BCUT2D eigenvalue weighted by atomic mass is 10.1. The fourth-order valence-corrected chi connectivity index (χ4v) is 1.66. The van der Waals surface area contributed by atoms with Gasteiger partial charge in [-0.3, -0.25) is 0 Å². The van der Waals surface area contributed by atoms with E-state index in [9.17, 15) is 0 Å². The maximum atomic E-state index is 8.67. The summed E-state index contributed by atoms with van der Waals surface area (Å²) >= 11 is 11.5. The van der Waals surface area contributed by atoms with Gasteiger partial charge < -0.3 is 0 Å². The van der Waals surface area contributed by atoms with Gasteiger partial charge in [0.1, 0.15) is 5.15 Å². The van der Waals surface area contributed by atoms with Crippen molar-refractivity contribution in [1.82, 2.24) is 9.97 Å². The Bertz CT molecular complexity index is 538. The van der Waals surface area contributed by atoms with Gasteiger partial charge in [0.15, 0.2) is 0 Å². The van der Waals surface area contributed by atoms with Crippen LogP contribution in [-0.2, 0) is 0 Å². The summed E-state index contributed by atoms with van der Waals surface area (Å²) in [6.45, 7) is 0. The molecule has 2 aromatic rings. The van der Waals surface area contributed by atoms with Crippen molar-refractivity contribution in [3.63, 3.8) is 0 Å². The first-order valence-corrected chi connectivity index (χ1v) is 5.15. The van der Waals surface area contributed by atoms with Crippen molar-refractivity contribution >= 4 is 23.2 Å². The van der Waals surface area contributed by atoms with Crippen molar-refractivity contribution in [2.45, 2.75) is 0 Å². The minimum Gasteiger partial charge on any atom is -0.218 e. The quantitative estimate of drug-likeness (QED) is 0.576.